The summed E-state index contributed by atoms with van der Waals surface area (Å²) in [7, 11) is 0. The number of likely N-dealkylation sites (tertiary alicyclic amines) is 1. The molecule has 2 heterocycles. The second-order valence-corrected chi connectivity index (χ2v) is 5.40. The largest absolute Gasteiger partial charge is 0.369 e. The topological polar surface area (TPSA) is 102 Å². The molecule has 3 N–H and O–H groups in total. The second-order valence-electron chi connectivity index (χ2n) is 5.40. The normalized spacial score (nSPS) is 27.9. The van der Waals surface area contributed by atoms with Gasteiger partial charge in [-0.1, -0.05) is 0 Å². The van der Waals surface area contributed by atoms with Crippen LogP contribution in [0.5, 0.6) is 0 Å². The van der Waals surface area contributed by atoms with Gasteiger partial charge in [-0.25, -0.2) is 0 Å². The van der Waals surface area contributed by atoms with Gasteiger partial charge in [0.05, 0.1) is 18.5 Å². The van der Waals surface area contributed by atoms with Crippen molar-refractivity contribution in [3.05, 3.63) is 0 Å². The number of rotatable bonds is 3. The van der Waals surface area contributed by atoms with E-state index in [9.17, 15) is 9.59 Å². The van der Waals surface area contributed by atoms with Crippen LogP contribution in [0.15, 0.2) is 0 Å². The number of amides is 2. The van der Waals surface area contributed by atoms with Crippen molar-refractivity contribution in [2.45, 2.75) is 18.9 Å². The zero-order valence-electron chi connectivity index (χ0n) is 11.5. The monoisotopic (exact) mass is 279 g/mol. The molecule has 2 amide bonds. The van der Waals surface area contributed by atoms with Crippen LogP contribution in [0.2, 0.25) is 0 Å². The van der Waals surface area contributed by atoms with Crippen molar-refractivity contribution in [3.8, 4) is 6.07 Å². The van der Waals surface area contributed by atoms with E-state index in [1.807, 2.05) is 4.90 Å². The van der Waals surface area contributed by atoms with Crippen LogP contribution in [0.3, 0.4) is 0 Å². The molecule has 2 aliphatic rings. The van der Waals surface area contributed by atoms with Gasteiger partial charge < -0.3 is 16.0 Å². The van der Waals surface area contributed by atoms with Crippen molar-refractivity contribution in [1.82, 2.24) is 15.1 Å². The van der Waals surface area contributed by atoms with Gasteiger partial charge in [-0.05, 0) is 12.8 Å². The van der Waals surface area contributed by atoms with Gasteiger partial charge in [-0.3, -0.25) is 14.5 Å². The third kappa shape index (κ3) is 3.46. The van der Waals surface area contributed by atoms with Gasteiger partial charge in [-0.15, -0.1) is 0 Å². The maximum atomic E-state index is 12.3. The molecule has 20 heavy (non-hydrogen) atoms. The second kappa shape index (κ2) is 6.68. The molecule has 0 saturated carbocycles. The summed E-state index contributed by atoms with van der Waals surface area (Å²) in [5.74, 6) is -0.583. The van der Waals surface area contributed by atoms with Crippen LogP contribution in [-0.4, -0.2) is 66.9 Å². The van der Waals surface area contributed by atoms with Gasteiger partial charge in [0.15, 0.2) is 0 Å². The Hall–Kier alpha value is -1.65. The van der Waals surface area contributed by atoms with E-state index in [4.69, 9.17) is 11.0 Å². The first-order valence-corrected chi connectivity index (χ1v) is 7.03. The molecule has 110 valence electrons. The molecule has 0 aliphatic carbocycles. The Morgan fingerprint density at radius 2 is 2.20 bits per heavy atom. The van der Waals surface area contributed by atoms with Crippen molar-refractivity contribution in [2.24, 2.45) is 11.7 Å². The highest BCUT2D eigenvalue weighted by Gasteiger charge is 2.30. The van der Waals surface area contributed by atoms with E-state index >= 15 is 0 Å². The number of primary amides is 1. The highest BCUT2D eigenvalue weighted by atomic mass is 16.2. The third-order valence-corrected chi connectivity index (χ3v) is 4.02. The Kier molecular flexibility index (Phi) is 4.93. The quantitative estimate of drug-likeness (QED) is 0.655. The maximum absolute atomic E-state index is 12.3. The lowest BCUT2D eigenvalue weighted by molar-refractivity contribution is -0.136. The molecule has 0 aromatic rings. The Balaban J connectivity index is 1.90. The molecule has 2 unspecified atom stereocenters. The van der Waals surface area contributed by atoms with E-state index in [0.717, 1.165) is 19.4 Å². The molecule has 7 nitrogen and oxygen atoms in total. The van der Waals surface area contributed by atoms with Crippen LogP contribution in [0, 0.1) is 17.2 Å². The average Bonchev–Trinajstić information content (AvgIpc) is 2.48. The summed E-state index contributed by atoms with van der Waals surface area (Å²) < 4.78 is 0. The molecule has 7 heteroatoms. The number of hydrogen-bond acceptors (Lipinski definition) is 5. The fourth-order valence-electron chi connectivity index (χ4n) is 2.77. The van der Waals surface area contributed by atoms with Crippen LogP contribution >= 0.6 is 0 Å². The van der Waals surface area contributed by atoms with Crippen LogP contribution in [-0.2, 0) is 9.59 Å². The fraction of sp³-hybridized carbons (Fsp3) is 0.769. The fourth-order valence-corrected chi connectivity index (χ4v) is 2.77. The van der Waals surface area contributed by atoms with E-state index in [0.29, 0.717) is 26.2 Å². The molecule has 2 saturated heterocycles. The number of hydrogen-bond donors (Lipinski definition) is 2. The summed E-state index contributed by atoms with van der Waals surface area (Å²) in [5.41, 5.74) is 5.32. The number of nitriles is 1. The summed E-state index contributed by atoms with van der Waals surface area (Å²) in [6, 6.07) is 1.95. The molecule has 0 bridgehead atoms. The highest BCUT2D eigenvalue weighted by Crippen LogP contribution is 2.16. The summed E-state index contributed by atoms with van der Waals surface area (Å²) in [5, 5.41) is 12.2. The number of carbonyl (C=O) groups is 2. The number of carbonyl (C=O) groups excluding carboxylic acids is 2. The van der Waals surface area contributed by atoms with Crippen LogP contribution in [0.1, 0.15) is 12.8 Å². The SMILES string of the molecule is N#CC1CNCCN1CC(=O)N1CCCC(C(N)=O)C1. The Labute approximate surface area is 118 Å². The maximum Gasteiger partial charge on any atom is 0.236 e. The number of piperazine rings is 1. The van der Waals surface area contributed by atoms with Crippen LogP contribution in [0.4, 0.5) is 0 Å². The van der Waals surface area contributed by atoms with Gasteiger partial charge in [0.25, 0.3) is 0 Å². The van der Waals surface area contributed by atoms with Gasteiger partial charge in [0, 0.05) is 32.7 Å². The number of nitrogens with zero attached hydrogens (tertiary/aromatic N) is 3. The Bertz CT molecular complexity index is 419. The standard InChI is InChI=1S/C13H21N5O2/c14-6-11-7-16-3-5-17(11)9-12(19)18-4-1-2-10(8-18)13(15)20/h10-11,16H,1-5,7-9H2,(H2,15,20). The van der Waals surface area contributed by atoms with Gasteiger partial charge >= 0.3 is 0 Å². The number of nitrogens with one attached hydrogen (secondary N) is 1. The number of piperidine rings is 1. The smallest absolute Gasteiger partial charge is 0.236 e. The van der Waals surface area contributed by atoms with Gasteiger partial charge in [0.2, 0.25) is 11.8 Å². The highest BCUT2D eigenvalue weighted by molar-refractivity contribution is 5.81. The van der Waals surface area contributed by atoms with E-state index in [1.54, 1.807) is 4.90 Å². The van der Waals surface area contributed by atoms with E-state index in [-0.39, 0.29) is 30.3 Å². The minimum absolute atomic E-state index is 0.0156. The summed E-state index contributed by atoms with van der Waals surface area (Å²) in [6.07, 6.45) is 1.57. The molecular formula is C13H21N5O2. The van der Waals surface area contributed by atoms with Gasteiger partial charge in [0.1, 0.15) is 6.04 Å². The number of nitrogens with two attached hydrogens (primary N) is 1. The first kappa shape index (κ1) is 14.8. The third-order valence-electron chi connectivity index (χ3n) is 4.02. The first-order valence-electron chi connectivity index (χ1n) is 7.03. The molecule has 0 spiro atoms. The van der Waals surface area contributed by atoms with E-state index in [2.05, 4.69) is 11.4 Å². The molecule has 2 fully saturated rings. The molecule has 0 aromatic carbocycles. The van der Waals surface area contributed by atoms with Gasteiger partial charge in [-0.2, -0.15) is 5.26 Å². The van der Waals surface area contributed by atoms with Crippen LogP contribution in [0.25, 0.3) is 0 Å². The minimum Gasteiger partial charge on any atom is -0.369 e. The predicted molar refractivity (Wildman–Crippen MR) is 72.3 cm³/mol. The lowest BCUT2D eigenvalue weighted by Crippen LogP contribution is -2.55. The zero-order chi connectivity index (χ0) is 14.5. The summed E-state index contributed by atoms with van der Waals surface area (Å²) >= 11 is 0. The first-order chi connectivity index (χ1) is 9.61. The zero-order valence-corrected chi connectivity index (χ0v) is 11.5. The molecule has 2 atom stereocenters. The van der Waals surface area contributed by atoms with Crippen molar-refractivity contribution < 1.29 is 9.59 Å². The molecule has 2 rings (SSSR count). The Morgan fingerprint density at radius 1 is 1.40 bits per heavy atom. The van der Waals surface area contributed by atoms with Crippen LogP contribution < -0.4 is 11.1 Å². The van der Waals surface area contributed by atoms with Crippen molar-refractivity contribution in [1.29, 1.82) is 5.26 Å². The van der Waals surface area contributed by atoms with Crippen molar-refractivity contribution >= 4 is 11.8 Å². The van der Waals surface area contributed by atoms with E-state index in [1.165, 1.54) is 0 Å². The molecule has 0 radical (unpaired) electrons. The minimum atomic E-state index is -0.334. The lowest BCUT2D eigenvalue weighted by atomic mass is 9.97. The molecule has 2 aliphatic heterocycles. The predicted octanol–water partition coefficient (Wildman–Crippen LogP) is -1.49. The molecule has 0 aromatic heterocycles. The molecular weight excluding hydrogens is 258 g/mol. The summed E-state index contributed by atoms with van der Waals surface area (Å²) in [4.78, 5) is 27.1. The Morgan fingerprint density at radius 3 is 2.90 bits per heavy atom. The van der Waals surface area contributed by atoms with E-state index < -0.39 is 0 Å². The average molecular weight is 279 g/mol. The lowest BCUT2D eigenvalue weighted by Gasteiger charge is -2.35. The summed E-state index contributed by atoms with van der Waals surface area (Å²) in [6.45, 7) is 3.40. The van der Waals surface area contributed by atoms with Crippen molar-refractivity contribution in [3.63, 3.8) is 0 Å². The van der Waals surface area contributed by atoms with Crippen molar-refractivity contribution in [2.75, 3.05) is 39.3 Å².